The maximum absolute atomic E-state index is 12.2. The number of carbonyl (C=O) groups is 1. The average molecular weight is 336 g/mol. The highest BCUT2D eigenvalue weighted by Crippen LogP contribution is 2.26. The molecule has 3 rings (SSSR count). The van der Waals surface area contributed by atoms with E-state index in [4.69, 9.17) is 0 Å². The predicted molar refractivity (Wildman–Crippen MR) is 84.4 cm³/mol. The van der Waals surface area contributed by atoms with E-state index in [9.17, 15) is 9.59 Å². The molecule has 1 amide bonds. The minimum atomic E-state index is -0.223. The molecule has 0 radical (unpaired) electrons. The Labute approximate surface area is 132 Å². The second-order valence-electron chi connectivity index (χ2n) is 4.38. The second kappa shape index (κ2) is 6.28. The van der Waals surface area contributed by atoms with Crippen LogP contribution in [0.15, 0.2) is 22.3 Å². The standard InChI is InChI=1S/C12H12N6O2S2/c1-6-8-10(19)14-5-15-12(8)22-9(6)11(20)13-2-3-21-7-4-16-18-17-7/h4-5H,2-3H2,1H3,(H,13,20)(H,14,15,19)(H,16,17,18). The number of nitrogens with zero attached hydrogens (tertiary/aromatic N) is 3. The first-order valence-corrected chi connectivity index (χ1v) is 8.20. The van der Waals surface area contributed by atoms with Crippen LogP contribution in [0.5, 0.6) is 0 Å². The SMILES string of the molecule is Cc1c(C(=O)NCCSc2cn[nH]n2)sc2nc[nH]c(=O)c12. The Balaban J connectivity index is 1.66. The molecule has 0 atom stereocenters. The molecule has 0 fully saturated rings. The summed E-state index contributed by atoms with van der Waals surface area (Å²) in [6.07, 6.45) is 2.97. The van der Waals surface area contributed by atoms with E-state index in [1.165, 1.54) is 29.4 Å². The molecule has 0 saturated carbocycles. The van der Waals surface area contributed by atoms with Crippen molar-refractivity contribution >= 4 is 39.2 Å². The third kappa shape index (κ3) is 2.88. The van der Waals surface area contributed by atoms with Gasteiger partial charge in [-0.05, 0) is 12.5 Å². The molecule has 0 aromatic carbocycles. The number of nitrogens with one attached hydrogen (secondary N) is 3. The first-order chi connectivity index (χ1) is 10.7. The van der Waals surface area contributed by atoms with Gasteiger partial charge in [0, 0.05) is 12.3 Å². The molecule has 10 heteroatoms. The number of fused-ring (bicyclic) bond motifs is 1. The summed E-state index contributed by atoms with van der Waals surface area (Å²) >= 11 is 2.72. The fraction of sp³-hybridized carbons (Fsp3) is 0.250. The first-order valence-electron chi connectivity index (χ1n) is 6.40. The van der Waals surface area contributed by atoms with Gasteiger partial charge in [-0.25, -0.2) is 4.98 Å². The van der Waals surface area contributed by atoms with Gasteiger partial charge in [-0.1, -0.05) is 0 Å². The highest BCUT2D eigenvalue weighted by Gasteiger charge is 2.17. The molecule has 22 heavy (non-hydrogen) atoms. The van der Waals surface area contributed by atoms with Gasteiger partial charge in [-0.2, -0.15) is 10.3 Å². The van der Waals surface area contributed by atoms with Gasteiger partial charge in [0.2, 0.25) is 0 Å². The van der Waals surface area contributed by atoms with E-state index in [1.54, 1.807) is 13.1 Å². The molecule has 3 N–H and O–H groups in total. The number of hydrogen-bond donors (Lipinski definition) is 3. The summed E-state index contributed by atoms with van der Waals surface area (Å²) in [5.74, 6) is 0.488. The monoisotopic (exact) mass is 336 g/mol. The summed E-state index contributed by atoms with van der Waals surface area (Å²) < 4.78 is 0. The lowest BCUT2D eigenvalue weighted by molar-refractivity contribution is 0.0960. The van der Waals surface area contributed by atoms with Crippen molar-refractivity contribution in [2.75, 3.05) is 12.3 Å². The molecule has 8 nitrogen and oxygen atoms in total. The molecular formula is C12H12N6O2S2. The van der Waals surface area contributed by atoms with Gasteiger partial charge in [0.15, 0.2) is 0 Å². The molecule has 0 bridgehead atoms. The van der Waals surface area contributed by atoms with E-state index in [0.717, 1.165) is 5.03 Å². The van der Waals surface area contributed by atoms with Crippen LogP contribution in [0.1, 0.15) is 15.2 Å². The Hall–Kier alpha value is -2.20. The van der Waals surface area contributed by atoms with Gasteiger partial charge in [0.1, 0.15) is 9.86 Å². The third-order valence-electron chi connectivity index (χ3n) is 2.97. The molecule has 114 valence electrons. The second-order valence-corrected chi connectivity index (χ2v) is 6.49. The number of thioether (sulfide) groups is 1. The van der Waals surface area contributed by atoms with Crippen LogP contribution < -0.4 is 10.9 Å². The number of H-pyrrole nitrogens is 2. The summed E-state index contributed by atoms with van der Waals surface area (Å²) in [6.45, 7) is 2.25. The molecule has 3 heterocycles. The number of thiophene rings is 1. The minimum absolute atomic E-state index is 0.194. The Bertz CT molecular complexity index is 854. The van der Waals surface area contributed by atoms with Gasteiger partial charge >= 0.3 is 0 Å². The van der Waals surface area contributed by atoms with Crippen molar-refractivity contribution in [3.05, 3.63) is 33.3 Å². The van der Waals surface area contributed by atoms with Crippen molar-refractivity contribution in [3.63, 3.8) is 0 Å². The molecule has 0 aliphatic heterocycles. The lowest BCUT2D eigenvalue weighted by Crippen LogP contribution is -2.25. The van der Waals surface area contributed by atoms with Crippen molar-refractivity contribution in [2.24, 2.45) is 0 Å². The smallest absolute Gasteiger partial charge is 0.261 e. The highest BCUT2D eigenvalue weighted by molar-refractivity contribution is 7.99. The molecule has 0 aliphatic rings. The number of aromatic amines is 2. The van der Waals surface area contributed by atoms with Crippen molar-refractivity contribution in [1.82, 2.24) is 30.7 Å². The van der Waals surface area contributed by atoms with Crippen LogP contribution >= 0.6 is 23.1 Å². The quantitative estimate of drug-likeness (QED) is 0.471. The zero-order chi connectivity index (χ0) is 15.5. The van der Waals surface area contributed by atoms with E-state index < -0.39 is 0 Å². The zero-order valence-corrected chi connectivity index (χ0v) is 13.2. The summed E-state index contributed by atoms with van der Waals surface area (Å²) in [5, 5.41) is 14.2. The fourth-order valence-corrected chi connectivity index (χ4v) is 3.67. The van der Waals surface area contributed by atoms with Crippen LogP contribution in [0.3, 0.4) is 0 Å². The van der Waals surface area contributed by atoms with Crippen LogP contribution in [0.25, 0.3) is 10.2 Å². The Kier molecular flexibility index (Phi) is 4.20. The Morgan fingerprint density at radius 3 is 3.09 bits per heavy atom. The van der Waals surface area contributed by atoms with Gasteiger partial charge in [-0.3, -0.25) is 9.59 Å². The highest BCUT2D eigenvalue weighted by atomic mass is 32.2. The van der Waals surface area contributed by atoms with Crippen LogP contribution in [-0.2, 0) is 0 Å². The van der Waals surface area contributed by atoms with Crippen LogP contribution in [0.4, 0.5) is 0 Å². The zero-order valence-electron chi connectivity index (χ0n) is 11.5. The maximum atomic E-state index is 12.2. The summed E-state index contributed by atoms with van der Waals surface area (Å²) in [6, 6.07) is 0. The Morgan fingerprint density at radius 2 is 2.36 bits per heavy atom. The summed E-state index contributed by atoms with van der Waals surface area (Å²) in [5.41, 5.74) is 0.440. The predicted octanol–water partition coefficient (Wildman–Crippen LogP) is 0.933. The molecule has 0 aliphatic carbocycles. The largest absolute Gasteiger partial charge is 0.350 e. The molecule has 0 unspecified atom stereocenters. The van der Waals surface area contributed by atoms with Crippen LogP contribution in [0, 0.1) is 6.92 Å². The fourth-order valence-electron chi connectivity index (χ4n) is 1.96. The number of amides is 1. The molecule has 3 aromatic rings. The van der Waals surface area contributed by atoms with Crippen molar-refractivity contribution in [2.45, 2.75) is 11.9 Å². The number of aryl methyl sites for hydroxylation is 1. The number of aromatic nitrogens is 5. The number of hydrogen-bond acceptors (Lipinski definition) is 7. The van der Waals surface area contributed by atoms with E-state index in [-0.39, 0.29) is 11.5 Å². The van der Waals surface area contributed by atoms with Gasteiger partial charge in [0.25, 0.3) is 11.5 Å². The normalized spacial score (nSPS) is 11.0. The minimum Gasteiger partial charge on any atom is -0.350 e. The lowest BCUT2D eigenvalue weighted by Gasteiger charge is -2.03. The Morgan fingerprint density at radius 1 is 1.50 bits per heavy atom. The summed E-state index contributed by atoms with van der Waals surface area (Å²) in [4.78, 5) is 31.7. The molecule has 0 saturated heterocycles. The topological polar surface area (TPSA) is 116 Å². The number of carbonyl (C=O) groups excluding carboxylic acids is 1. The first kappa shape index (κ1) is 14.7. The van der Waals surface area contributed by atoms with Crippen LogP contribution in [0.2, 0.25) is 0 Å². The van der Waals surface area contributed by atoms with Gasteiger partial charge < -0.3 is 10.3 Å². The molecule has 0 spiro atoms. The van der Waals surface area contributed by atoms with Crippen molar-refractivity contribution in [3.8, 4) is 0 Å². The molecule has 3 aromatic heterocycles. The number of rotatable bonds is 5. The van der Waals surface area contributed by atoms with Gasteiger partial charge in [-0.15, -0.1) is 28.2 Å². The third-order valence-corrected chi connectivity index (χ3v) is 5.07. The van der Waals surface area contributed by atoms with E-state index in [2.05, 4.69) is 30.7 Å². The van der Waals surface area contributed by atoms with E-state index in [0.29, 0.717) is 33.0 Å². The summed E-state index contributed by atoms with van der Waals surface area (Å²) in [7, 11) is 0. The maximum Gasteiger partial charge on any atom is 0.261 e. The average Bonchev–Trinajstić information content (AvgIpc) is 3.12. The van der Waals surface area contributed by atoms with E-state index in [1.807, 2.05) is 0 Å². The lowest BCUT2D eigenvalue weighted by atomic mass is 10.2. The van der Waals surface area contributed by atoms with E-state index >= 15 is 0 Å². The van der Waals surface area contributed by atoms with Crippen molar-refractivity contribution < 1.29 is 4.79 Å². The molecular weight excluding hydrogens is 324 g/mol. The van der Waals surface area contributed by atoms with Crippen molar-refractivity contribution in [1.29, 1.82) is 0 Å². The van der Waals surface area contributed by atoms with Crippen LogP contribution in [-0.4, -0.2) is 43.6 Å². The van der Waals surface area contributed by atoms with Gasteiger partial charge in [0.05, 0.1) is 22.8 Å².